The van der Waals surface area contributed by atoms with Crippen LogP contribution in [-0.4, -0.2) is 17.0 Å². The minimum atomic E-state index is -0.262. The molecule has 0 aliphatic heterocycles. The van der Waals surface area contributed by atoms with Crippen molar-refractivity contribution in [1.29, 1.82) is 0 Å². The van der Waals surface area contributed by atoms with Crippen LogP contribution in [0.15, 0.2) is 67.0 Å². The standard InChI is InChI=1S/C18H17FN4/c1-23(12-14-5-3-2-4-6-14)18-11-17(20-13-21-18)22-16-9-7-15(19)8-10-16/h2-11,13H,12H2,1H3,(H,20,21,22). The predicted octanol–water partition coefficient (Wildman–Crippen LogP) is 4.00. The SMILES string of the molecule is CN(Cc1ccccc1)c1cc(Nc2ccc(F)cc2)ncn1. The number of hydrogen-bond donors (Lipinski definition) is 1. The van der Waals surface area contributed by atoms with Crippen LogP contribution >= 0.6 is 0 Å². The second kappa shape index (κ2) is 6.87. The lowest BCUT2D eigenvalue weighted by Crippen LogP contribution is -2.17. The van der Waals surface area contributed by atoms with Gasteiger partial charge in [0.05, 0.1) is 0 Å². The van der Waals surface area contributed by atoms with Crippen molar-refractivity contribution in [1.82, 2.24) is 9.97 Å². The van der Waals surface area contributed by atoms with Crippen LogP contribution < -0.4 is 10.2 Å². The highest BCUT2D eigenvalue weighted by molar-refractivity contribution is 5.59. The van der Waals surface area contributed by atoms with E-state index in [1.165, 1.54) is 24.0 Å². The lowest BCUT2D eigenvalue weighted by molar-refractivity contribution is 0.628. The number of aromatic nitrogens is 2. The zero-order chi connectivity index (χ0) is 16.1. The predicted molar refractivity (Wildman–Crippen MR) is 90.3 cm³/mol. The number of benzene rings is 2. The molecule has 2 aromatic carbocycles. The maximum Gasteiger partial charge on any atom is 0.135 e. The molecule has 23 heavy (non-hydrogen) atoms. The summed E-state index contributed by atoms with van der Waals surface area (Å²) >= 11 is 0. The van der Waals surface area contributed by atoms with Crippen molar-refractivity contribution < 1.29 is 4.39 Å². The van der Waals surface area contributed by atoms with Crippen LogP contribution in [0.1, 0.15) is 5.56 Å². The third-order valence-corrected chi connectivity index (χ3v) is 3.42. The van der Waals surface area contributed by atoms with Gasteiger partial charge in [0.25, 0.3) is 0 Å². The molecular formula is C18H17FN4. The van der Waals surface area contributed by atoms with Crippen molar-refractivity contribution in [2.75, 3.05) is 17.3 Å². The molecule has 3 rings (SSSR count). The monoisotopic (exact) mass is 308 g/mol. The first-order chi connectivity index (χ1) is 11.2. The van der Waals surface area contributed by atoms with Gasteiger partial charge in [0.2, 0.25) is 0 Å². The lowest BCUT2D eigenvalue weighted by atomic mass is 10.2. The van der Waals surface area contributed by atoms with Gasteiger partial charge in [-0.25, -0.2) is 14.4 Å². The largest absolute Gasteiger partial charge is 0.355 e. The second-order valence-corrected chi connectivity index (χ2v) is 5.23. The van der Waals surface area contributed by atoms with Gasteiger partial charge in [0, 0.05) is 25.3 Å². The highest BCUT2D eigenvalue weighted by Crippen LogP contribution is 2.19. The lowest BCUT2D eigenvalue weighted by Gasteiger charge is -2.18. The Morgan fingerprint density at radius 3 is 2.48 bits per heavy atom. The first kappa shape index (κ1) is 15.0. The fourth-order valence-electron chi connectivity index (χ4n) is 2.24. The van der Waals surface area contributed by atoms with Crippen LogP contribution in [0.25, 0.3) is 0 Å². The van der Waals surface area contributed by atoms with Crippen LogP contribution in [0.4, 0.5) is 21.7 Å². The molecule has 0 amide bonds. The van der Waals surface area contributed by atoms with Gasteiger partial charge >= 0.3 is 0 Å². The number of halogens is 1. The smallest absolute Gasteiger partial charge is 0.135 e. The fourth-order valence-corrected chi connectivity index (χ4v) is 2.24. The molecule has 5 heteroatoms. The number of hydrogen-bond acceptors (Lipinski definition) is 4. The van der Waals surface area contributed by atoms with Gasteiger partial charge in [-0.1, -0.05) is 30.3 Å². The van der Waals surface area contributed by atoms with Crippen LogP contribution in [-0.2, 0) is 6.54 Å². The van der Waals surface area contributed by atoms with Gasteiger partial charge in [-0.2, -0.15) is 0 Å². The third-order valence-electron chi connectivity index (χ3n) is 3.42. The molecule has 1 aromatic heterocycles. The maximum atomic E-state index is 12.9. The Balaban J connectivity index is 1.72. The summed E-state index contributed by atoms with van der Waals surface area (Å²) in [4.78, 5) is 10.6. The molecular weight excluding hydrogens is 291 g/mol. The quantitative estimate of drug-likeness (QED) is 0.773. The van der Waals surface area contributed by atoms with E-state index in [9.17, 15) is 4.39 Å². The van der Waals surface area contributed by atoms with E-state index >= 15 is 0 Å². The molecule has 0 aliphatic rings. The number of anilines is 3. The zero-order valence-electron chi connectivity index (χ0n) is 12.8. The molecule has 0 bridgehead atoms. The summed E-state index contributed by atoms with van der Waals surface area (Å²) in [6.07, 6.45) is 1.52. The highest BCUT2D eigenvalue weighted by atomic mass is 19.1. The summed E-state index contributed by atoms with van der Waals surface area (Å²) in [5, 5.41) is 3.15. The first-order valence-corrected chi connectivity index (χ1v) is 7.30. The molecule has 1 heterocycles. The van der Waals surface area contributed by atoms with Gasteiger partial charge in [-0.05, 0) is 29.8 Å². The average Bonchev–Trinajstić information content (AvgIpc) is 2.58. The molecule has 0 saturated carbocycles. The van der Waals surface area contributed by atoms with Gasteiger partial charge in [0.15, 0.2) is 0 Å². The van der Waals surface area contributed by atoms with E-state index in [2.05, 4.69) is 27.4 Å². The van der Waals surface area contributed by atoms with E-state index in [-0.39, 0.29) is 5.82 Å². The molecule has 1 N–H and O–H groups in total. The van der Waals surface area contributed by atoms with Crippen molar-refractivity contribution in [2.24, 2.45) is 0 Å². The second-order valence-electron chi connectivity index (χ2n) is 5.23. The molecule has 0 radical (unpaired) electrons. The highest BCUT2D eigenvalue weighted by Gasteiger charge is 2.06. The van der Waals surface area contributed by atoms with E-state index in [1.807, 2.05) is 36.2 Å². The van der Waals surface area contributed by atoms with Gasteiger partial charge in [0.1, 0.15) is 23.8 Å². The van der Waals surface area contributed by atoms with E-state index in [1.54, 1.807) is 12.1 Å². The Kier molecular flexibility index (Phi) is 4.47. The Labute approximate surface area is 134 Å². The number of nitrogens with zero attached hydrogens (tertiary/aromatic N) is 3. The topological polar surface area (TPSA) is 41.0 Å². The third kappa shape index (κ3) is 4.03. The minimum Gasteiger partial charge on any atom is -0.355 e. The molecule has 0 spiro atoms. The van der Waals surface area contributed by atoms with Crippen molar-refractivity contribution >= 4 is 17.3 Å². The molecule has 0 fully saturated rings. The normalized spacial score (nSPS) is 10.3. The summed E-state index contributed by atoms with van der Waals surface area (Å²) in [6.45, 7) is 0.758. The molecule has 0 unspecified atom stereocenters. The summed E-state index contributed by atoms with van der Waals surface area (Å²) in [5.74, 6) is 1.22. The van der Waals surface area contributed by atoms with Crippen molar-refractivity contribution in [2.45, 2.75) is 6.54 Å². The molecule has 116 valence electrons. The van der Waals surface area contributed by atoms with Crippen LogP contribution in [0.3, 0.4) is 0 Å². The van der Waals surface area contributed by atoms with E-state index in [0.29, 0.717) is 5.82 Å². The molecule has 3 aromatic rings. The zero-order valence-corrected chi connectivity index (χ0v) is 12.8. The summed E-state index contributed by atoms with van der Waals surface area (Å²) in [5.41, 5.74) is 1.99. The number of nitrogens with one attached hydrogen (secondary N) is 1. The maximum absolute atomic E-state index is 12.9. The first-order valence-electron chi connectivity index (χ1n) is 7.30. The minimum absolute atomic E-state index is 0.262. The van der Waals surface area contributed by atoms with E-state index in [4.69, 9.17) is 0 Å². The summed E-state index contributed by atoms with van der Waals surface area (Å²) in [6, 6.07) is 18.2. The Bertz CT molecular complexity index is 759. The summed E-state index contributed by atoms with van der Waals surface area (Å²) < 4.78 is 12.9. The van der Waals surface area contributed by atoms with Crippen molar-refractivity contribution in [3.8, 4) is 0 Å². The van der Waals surface area contributed by atoms with Gasteiger partial charge in [-0.15, -0.1) is 0 Å². The fraction of sp³-hybridized carbons (Fsp3) is 0.111. The Morgan fingerprint density at radius 2 is 1.74 bits per heavy atom. The number of rotatable bonds is 5. The van der Waals surface area contributed by atoms with Crippen LogP contribution in [0.2, 0.25) is 0 Å². The van der Waals surface area contributed by atoms with Crippen molar-refractivity contribution in [3.63, 3.8) is 0 Å². The average molecular weight is 308 g/mol. The summed E-state index contributed by atoms with van der Waals surface area (Å²) in [7, 11) is 1.98. The van der Waals surface area contributed by atoms with Gasteiger partial charge in [-0.3, -0.25) is 0 Å². The van der Waals surface area contributed by atoms with E-state index in [0.717, 1.165) is 18.1 Å². The molecule has 4 nitrogen and oxygen atoms in total. The molecule has 0 saturated heterocycles. The Hall–Kier alpha value is -2.95. The molecule has 0 aliphatic carbocycles. The van der Waals surface area contributed by atoms with Crippen LogP contribution in [0, 0.1) is 5.82 Å². The Morgan fingerprint density at radius 1 is 1.00 bits per heavy atom. The van der Waals surface area contributed by atoms with Crippen LogP contribution in [0.5, 0.6) is 0 Å². The molecule has 0 atom stereocenters. The van der Waals surface area contributed by atoms with E-state index < -0.39 is 0 Å². The van der Waals surface area contributed by atoms with Gasteiger partial charge < -0.3 is 10.2 Å². The van der Waals surface area contributed by atoms with Crippen molar-refractivity contribution in [3.05, 3.63) is 78.4 Å².